The molecule has 26 heavy (non-hydrogen) atoms. The Bertz CT molecular complexity index is 755. The molecule has 2 N–H and O–H groups in total. The first-order valence-corrected chi connectivity index (χ1v) is 8.47. The fraction of sp³-hybridized carbons (Fsp3) is 0.316. The van der Waals surface area contributed by atoms with Gasteiger partial charge in [0.1, 0.15) is 0 Å². The Morgan fingerprint density at radius 1 is 1.19 bits per heavy atom. The van der Waals surface area contributed by atoms with E-state index in [1.807, 2.05) is 36.2 Å². The summed E-state index contributed by atoms with van der Waals surface area (Å²) in [5, 5.41) is 14.0. The van der Waals surface area contributed by atoms with Crippen molar-refractivity contribution in [1.29, 1.82) is 0 Å². The van der Waals surface area contributed by atoms with Gasteiger partial charge in [0.2, 0.25) is 5.75 Å². The molecule has 7 heteroatoms. The van der Waals surface area contributed by atoms with Crippen molar-refractivity contribution in [3.63, 3.8) is 0 Å². The number of nitrogens with zero attached hydrogens (tertiary/aromatic N) is 2. The van der Waals surface area contributed by atoms with Crippen LogP contribution in [0, 0.1) is 0 Å². The van der Waals surface area contributed by atoms with Gasteiger partial charge in [0.25, 0.3) is 0 Å². The van der Waals surface area contributed by atoms with Crippen LogP contribution >= 0.6 is 11.6 Å². The summed E-state index contributed by atoms with van der Waals surface area (Å²) in [4.78, 5) is 6.29. The van der Waals surface area contributed by atoms with Crippen molar-refractivity contribution in [2.45, 2.75) is 13.1 Å². The number of rotatable bonds is 6. The van der Waals surface area contributed by atoms with Crippen LogP contribution in [0.1, 0.15) is 11.1 Å². The lowest BCUT2D eigenvalue weighted by Crippen LogP contribution is -2.38. The maximum atomic E-state index is 10.0. The van der Waals surface area contributed by atoms with E-state index in [1.165, 1.54) is 14.2 Å². The maximum absolute atomic E-state index is 10.0. The SMILES string of the molecule is CN=C(NCc1cc(OC)c(O)c(OC)c1)N(C)Cc1ccccc1Cl. The summed E-state index contributed by atoms with van der Waals surface area (Å²) in [6, 6.07) is 11.2. The number of hydrogen-bond donors (Lipinski definition) is 2. The van der Waals surface area contributed by atoms with E-state index in [0.29, 0.717) is 24.6 Å². The summed E-state index contributed by atoms with van der Waals surface area (Å²) in [6.45, 7) is 1.12. The predicted octanol–water partition coefficient (Wildman–Crippen LogP) is 3.27. The van der Waals surface area contributed by atoms with Crippen LogP contribution in [0.4, 0.5) is 0 Å². The molecule has 0 heterocycles. The van der Waals surface area contributed by atoms with Crippen LogP contribution < -0.4 is 14.8 Å². The highest BCUT2D eigenvalue weighted by atomic mass is 35.5. The largest absolute Gasteiger partial charge is 0.502 e. The zero-order valence-corrected chi connectivity index (χ0v) is 16.2. The third-order valence-electron chi connectivity index (χ3n) is 3.93. The highest BCUT2D eigenvalue weighted by molar-refractivity contribution is 6.31. The van der Waals surface area contributed by atoms with E-state index in [4.69, 9.17) is 21.1 Å². The zero-order chi connectivity index (χ0) is 19.1. The lowest BCUT2D eigenvalue weighted by Gasteiger charge is -2.23. The Balaban J connectivity index is 2.08. The lowest BCUT2D eigenvalue weighted by molar-refractivity contribution is 0.339. The molecular formula is C19H24ClN3O3. The number of aromatic hydroxyl groups is 1. The molecule has 0 aliphatic heterocycles. The molecular weight excluding hydrogens is 354 g/mol. The van der Waals surface area contributed by atoms with Gasteiger partial charge in [0, 0.05) is 32.2 Å². The van der Waals surface area contributed by atoms with Crippen LogP contribution in [-0.2, 0) is 13.1 Å². The molecule has 140 valence electrons. The number of ether oxygens (including phenoxy) is 2. The first kappa shape index (κ1) is 19.7. The second-order valence-corrected chi connectivity index (χ2v) is 6.10. The summed E-state index contributed by atoms with van der Waals surface area (Å²) >= 11 is 6.23. The minimum absolute atomic E-state index is 0.0148. The van der Waals surface area contributed by atoms with Crippen LogP contribution in [0.3, 0.4) is 0 Å². The molecule has 0 fully saturated rings. The maximum Gasteiger partial charge on any atom is 0.200 e. The topological polar surface area (TPSA) is 66.3 Å². The Kier molecular flexibility index (Phi) is 6.97. The van der Waals surface area contributed by atoms with E-state index < -0.39 is 0 Å². The van der Waals surface area contributed by atoms with Gasteiger partial charge in [-0.2, -0.15) is 0 Å². The highest BCUT2D eigenvalue weighted by Crippen LogP contribution is 2.37. The fourth-order valence-corrected chi connectivity index (χ4v) is 2.77. The summed E-state index contributed by atoms with van der Waals surface area (Å²) in [5.41, 5.74) is 1.91. The molecule has 6 nitrogen and oxygen atoms in total. The first-order valence-electron chi connectivity index (χ1n) is 8.09. The average molecular weight is 378 g/mol. The molecule has 0 aromatic heterocycles. The summed E-state index contributed by atoms with van der Waals surface area (Å²) in [5.74, 6) is 1.43. The number of halogens is 1. The van der Waals surface area contributed by atoms with E-state index in [1.54, 1.807) is 19.2 Å². The molecule has 0 aliphatic carbocycles. The van der Waals surface area contributed by atoms with Crippen LogP contribution in [0.2, 0.25) is 5.02 Å². The van der Waals surface area contributed by atoms with E-state index >= 15 is 0 Å². The summed E-state index contributed by atoms with van der Waals surface area (Å²) < 4.78 is 10.4. The Labute approximate surface area is 159 Å². The monoisotopic (exact) mass is 377 g/mol. The van der Waals surface area contributed by atoms with Crippen LogP contribution in [0.25, 0.3) is 0 Å². The number of hydrogen-bond acceptors (Lipinski definition) is 4. The highest BCUT2D eigenvalue weighted by Gasteiger charge is 2.13. The number of nitrogens with one attached hydrogen (secondary N) is 1. The van der Waals surface area contributed by atoms with Crippen molar-refractivity contribution in [1.82, 2.24) is 10.2 Å². The van der Waals surface area contributed by atoms with Crippen molar-refractivity contribution < 1.29 is 14.6 Å². The molecule has 0 unspecified atom stereocenters. The summed E-state index contributed by atoms with van der Waals surface area (Å²) in [7, 11) is 6.67. The number of phenolic OH excluding ortho intramolecular Hbond substituents is 1. The third kappa shape index (κ3) is 4.73. The second kappa shape index (κ2) is 9.20. The van der Waals surface area contributed by atoms with Gasteiger partial charge in [-0.15, -0.1) is 0 Å². The van der Waals surface area contributed by atoms with Gasteiger partial charge in [-0.05, 0) is 29.3 Å². The van der Waals surface area contributed by atoms with Crippen LogP contribution in [-0.4, -0.2) is 44.3 Å². The molecule has 2 aromatic rings. The van der Waals surface area contributed by atoms with Gasteiger partial charge in [-0.1, -0.05) is 29.8 Å². The lowest BCUT2D eigenvalue weighted by atomic mass is 10.2. The minimum atomic E-state index is -0.0148. The Morgan fingerprint density at radius 2 is 1.81 bits per heavy atom. The van der Waals surface area contributed by atoms with Gasteiger partial charge in [-0.3, -0.25) is 4.99 Å². The normalized spacial score (nSPS) is 11.2. The molecule has 0 atom stereocenters. The molecule has 0 amide bonds. The van der Waals surface area contributed by atoms with E-state index in [0.717, 1.165) is 22.1 Å². The Hall–Kier alpha value is -2.60. The van der Waals surface area contributed by atoms with Gasteiger partial charge >= 0.3 is 0 Å². The number of phenols is 1. The van der Waals surface area contributed by atoms with Crippen molar-refractivity contribution in [2.75, 3.05) is 28.3 Å². The molecule has 0 spiro atoms. The fourth-order valence-electron chi connectivity index (χ4n) is 2.57. The molecule has 2 aromatic carbocycles. The average Bonchev–Trinajstić information content (AvgIpc) is 2.65. The minimum Gasteiger partial charge on any atom is -0.502 e. The van der Waals surface area contributed by atoms with Gasteiger partial charge < -0.3 is 24.8 Å². The van der Waals surface area contributed by atoms with E-state index in [-0.39, 0.29) is 5.75 Å². The number of methoxy groups -OCH3 is 2. The standard InChI is InChI=1S/C19H24ClN3O3/c1-21-19(23(2)12-14-7-5-6-8-15(14)20)22-11-13-9-16(25-3)18(24)17(10-13)26-4/h5-10,24H,11-12H2,1-4H3,(H,21,22). The molecule has 0 radical (unpaired) electrons. The van der Waals surface area contributed by atoms with Crippen molar-refractivity contribution in [3.8, 4) is 17.2 Å². The quantitative estimate of drug-likeness (QED) is 0.597. The van der Waals surface area contributed by atoms with Crippen molar-refractivity contribution >= 4 is 17.6 Å². The van der Waals surface area contributed by atoms with Crippen molar-refractivity contribution in [3.05, 3.63) is 52.5 Å². The van der Waals surface area contributed by atoms with Crippen molar-refractivity contribution in [2.24, 2.45) is 4.99 Å². The number of benzene rings is 2. The molecule has 0 aliphatic rings. The number of guanidine groups is 1. The predicted molar refractivity (Wildman–Crippen MR) is 104 cm³/mol. The Morgan fingerprint density at radius 3 is 2.35 bits per heavy atom. The third-order valence-corrected chi connectivity index (χ3v) is 4.30. The van der Waals surface area contributed by atoms with Gasteiger partial charge in [0.05, 0.1) is 14.2 Å². The molecule has 0 saturated heterocycles. The van der Waals surface area contributed by atoms with E-state index in [9.17, 15) is 5.11 Å². The van der Waals surface area contributed by atoms with E-state index in [2.05, 4.69) is 10.3 Å². The van der Waals surface area contributed by atoms with Gasteiger partial charge in [0.15, 0.2) is 17.5 Å². The molecule has 2 rings (SSSR count). The second-order valence-electron chi connectivity index (χ2n) is 5.70. The first-order chi connectivity index (χ1) is 12.5. The van der Waals surface area contributed by atoms with Crippen LogP contribution in [0.5, 0.6) is 17.2 Å². The smallest absolute Gasteiger partial charge is 0.200 e. The zero-order valence-electron chi connectivity index (χ0n) is 15.4. The number of aliphatic imine (C=N–C) groups is 1. The van der Waals surface area contributed by atoms with Gasteiger partial charge in [-0.25, -0.2) is 0 Å². The molecule has 0 bridgehead atoms. The van der Waals surface area contributed by atoms with Crippen LogP contribution in [0.15, 0.2) is 41.4 Å². The molecule has 0 saturated carbocycles. The summed E-state index contributed by atoms with van der Waals surface area (Å²) in [6.07, 6.45) is 0.